The summed E-state index contributed by atoms with van der Waals surface area (Å²) in [5.74, 6) is 0.407. The molecule has 6 nitrogen and oxygen atoms in total. The molecule has 0 radical (unpaired) electrons. The maximum absolute atomic E-state index is 13.7. The zero-order valence-electron chi connectivity index (χ0n) is 20.3. The van der Waals surface area contributed by atoms with Crippen molar-refractivity contribution < 1.29 is 17.9 Å². The number of carbonyl (C=O) groups excluding carboxylic acids is 1. The summed E-state index contributed by atoms with van der Waals surface area (Å²) in [5, 5.41) is 3.84. The summed E-state index contributed by atoms with van der Waals surface area (Å²) < 4.78 is 33.8. The Morgan fingerprint density at radius 1 is 0.895 bits per heavy atom. The highest BCUT2D eigenvalue weighted by Gasteiger charge is 2.30. The first-order chi connectivity index (χ1) is 18.3. The number of hydrogen-bond donors (Lipinski definition) is 1. The zero-order valence-corrected chi connectivity index (χ0v) is 23.4. The van der Waals surface area contributed by atoms with E-state index in [1.807, 2.05) is 36.4 Å². The number of nitrogens with zero attached hydrogens (tertiary/aromatic N) is 1. The normalized spacial score (nSPS) is 11.1. The van der Waals surface area contributed by atoms with E-state index in [1.54, 1.807) is 54.2 Å². The molecule has 0 unspecified atom stereocenters. The van der Waals surface area contributed by atoms with Crippen LogP contribution in [0.3, 0.4) is 0 Å². The van der Waals surface area contributed by atoms with E-state index in [4.69, 9.17) is 27.9 Å². The first kappa shape index (κ1) is 27.9. The molecule has 10 heteroatoms. The van der Waals surface area contributed by atoms with Gasteiger partial charge in [-0.15, -0.1) is 11.8 Å². The van der Waals surface area contributed by atoms with Gasteiger partial charge in [0.2, 0.25) is 5.91 Å². The van der Waals surface area contributed by atoms with Crippen molar-refractivity contribution in [2.75, 3.05) is 23.3 Å². The van der Waals surface area contributed by atoms with E-state index in [9.17, 15) is 13.2 Å². The van der Waals surface area contributed by atoms with Crippen molar-refractivity contribution in [2.45, 2.75) is 15.5 Å². The van der Waals surface area contributed by atoms with Crippen LogP contribution in [0.1, 0.15) is 5.56 Å². The maximum atomic E-state index is 13.7. The molecule has 1 N–H and O–H groups in total. The Morgan fingerprint density at radius 3 is 2.26 bits per heavy atom. The van der Waals surface area contributed by atoms with Gasteiger partial charge >= 0.3 is 0 Å². The van der Waals surface area contributed by atoms with Crippen LogP contribution in [0.25, 0.3) is 0 Å². The molecule has 0 saturated carbocycles. The first-order valence-electron chi connectivity index (χ1n) is 11.5. The molecule has 0 atom stereocenters. The summed E-state index contributed by atoms with van der Waals surface area (Å²) in [6, 6.07) is 27.4. The van der Waals surface area contributed by atoms with Gasteiger partial charge in [0.25, 0.3) is 10.0 Å². The zero-order chi connectivity index (χ0) is 27.1. The van der Waals surface area contributed by atoms with Crippen LogP contribution in [0.15, 0.2) is 107 Å². The SMILES string of the molecule is COc1ccc(Cl)cc1N(CC(=O)Nc1ccccc1SCc1ccc(Cl)cc1)S(=O)(=O)c1ccccc1. The number of anilines is 2. The van der Waals surface area contributed by atoms with Gasteiger partial charge in [0.15, 0.2) is 0 Å². The smallest absolute Gasteiger partial charge is 0.264 e. The van der Waals surface area contributed by atoms with E-state index in [0.717, 1.165) is 14.8 Å². The molecule has 0 aliphatic carbocycles. The van der Waals surface area contributed by atoms with E-state index < -0.39 is 22.5 Å². The minimum atomic E-state index is -4.13. The minimum Gasteiger partial charge on any atom is -0.495 e. The quantitative estimate of drug-likeness (QED) is 0.200. The number of nitrogens with one attached hydrogen (secondary N) is 1. The lowest BCUT2D eigenvalue weighted by molar-refractivity contribution is -0.114. The van der Waals surface area contributed by atoms with Gasteiger partial charge in [0, 0.05) is 20.7 Å². The summed E-state index contributed by atoms with van der Waals surface area (Å²) >= 11 is 13.7. The minimum absolute atomic E-state index is 0.0359. The predicted octanol–water partition coefficient (Wildman–Crippen LogP) is 7.13. The summed E-state index contributed by atoms with van der Waals surface area (Å²) in [7, 11) is -2.71. The Labute approximate surface area is 236 Å². The average Bonchev–Trinajstić information content (AvgIpc) is 2.92. The molecule has 0 saturated heterocycles. The number of benzene rings is 4. The molecule has 0 bridgehead atoms. The van der Waals surface area contributed by atoms with Gasteiger partial charge in [-0.2, -0.15) is 0 Å². The summed E-state index contributed by atoms with van der Waals surface area (Å²) in [5.41, 5.74) is 1.81. The molecule has 0 spiro atoms. The van der Waals surface area contributed by atoms with Crippen molar-refractivity contribution in [3.63, 3.8) is 0 Å². The molecule has 0 aliphatic rings. The van der Waals surface area contributed by atoms with Gasteiger partial charge < -0.3 is 10.1 Å². The molecule has 4 aromatic carbocycles. The summed E-state index contributed by atoms with van der Waals surface area (Å²) in [6.07, 6.45) is 0. The second-order valence-corrected chi connectivity index (χ2v) is 11.9. The van der Waals surface area contributed by atoms with Gasteiger partial charge in [0.05, 0.1) is 23.4 Å². The number of sulfonamides is 1. The molecule has 4 rings (SSSR count). The number of para-hydroxylation sites is 1. The van der Waals surface area contributed by atoms with Crippen LogP contribution in [-0.2, 0) is 20.6 Å². The van der Waals surface area contributed by atoms with Crippen molar-refractivity contribution in [3.05, 3.63) is 113 Å². The van der Waals surface area contributed by atoms with Gasteiger partial charge in [-0.1, -0.05) is 65.7 Å². The molecule has 196 valence electrons. The first-order valence-corrected chi connectivity index (χ1v) is 14.6. The van der Waals surface area contributed by atoms with Crippen LogP contribution in [0, 0.1) is 0 Å². The molecule has 0 fully saturated rings. The van der Waals surface area contributed by atoms with Crippen LogP contribution in [0.5, 0.6) is 5.75 Å². The van der Waals surface area contributed by atoms with E-state index in [1.165, 1.54) is 25.3 Å². The molecule has 38 heavy (non-hydrogen) atoms. The third-order valence-corrected chi connectivity index (χ3v) is 8.90. The fraction of sp³-hybridized carbons (Fsp3) is 0.107. The largest absolute Gasteiger partial charge is 0.495 e. The predicted molar refractivity (Wildman–Crippen MR) is 155 cm³/mol. The van der Waals surface area contributed by atoms with Crippen molar-refractivity contribution in [1.82, 2.24) is 0 Å². The molecule has 4 aromatic rings. The van der Waals surface area contributed by atoms with E-state index >= 15 is 0 Å². The van der Waals surface area contributed by atoms with Crippen LogP contribution < -0.4 is 14.4 Å². The van der Waals surface area contributed by atoms with Crippen molar-refractivity contribution in [3.8, 4) is 5.75 Å². The third kappa shape index (κ3) is 6.82. The van der Waals surface area contributed by atoms with Gasteiger partial charge in [-0.25, -0.2) is 8.42 Å². The van der Waals surface area contributed by atoms with E-state index in [2.05, 4.69) is 5.32 Å². The molecular formula is C28H24Cl2N2O4S2. The fourth-order valence-electron chi connectivity index (χ4n) is 3.64. The number of thioether (sulfide) groups is 1. The maximum Gasteiger partial charge on any atom is 0.264 e. The van der Waals surface area contributed by atoms with Crippen LogP contribution in [0.4, 0.5) is 11.4 Å². The Balaban J connectivity index is 1.61. The standard InChI is InChI=1S/C28H24Cl2N2O4S2/c1-36-26-16-15-22(30)17-25(26)32(38(34,35)23-7-3-2-4-8-23)18-28(33)31-24-9-5-6-10-27(24)37-19-20-11-13-21(29)14-12-20/h2-17H,18-19H2,1H3,(H,31,33). The number of ether oxygens (including phenoxy) is 1. The lowest BCUT2D eigenvalue weighted by atomic mass is 10.2. The molecule has 0 aliphatic heterocycles. The number of carbonyl (C=O) groups is 1. The van der Waals surface area contributed by atoms with Crippen LogP contribution in [-0.4, -0.2) is 28.0 Å². The number of amides is 1. The number of rotatable bonds is 10. The van der Waals surface area contributed by atoms with Crippen molar-refractivity contribution in [1.29, 1.82) is 0 Å². The van der Waals surface area contributed by atoms with Crippen LogP contribution in [0.2, 0.25) is 10.0 Å². The molecule has 1 amide bonds. The topological polar surface area (TPSA) is 75.7 Å². The second-order valence-electron chi connectivity index (χ2n) is 8.10. The summed E-state index contributed by atoms with van der Waals surface area (Å²) in [4.78, 5) is 14.2. The van der Waals surface area contributed by atoms with E-state index in [-0.39, 0.29) is 16.3 Å². The average molecular weight is 588 g/mol. The van der Waals surface area contributed by atoms with E-state index in [0.29, 0.717) is 21.5 Å². The lowest BCUT2D eigenvalue weighted by Gasteiger charge is -2.26. The number of hydrogen-bond acceptors (Lipinski definition) is 5. The Bertz CT molecular complexity index is 1520. The van der Waals surface area contributed by atoms with Gasteiger partial charge in [0.1, 0.15) is 12.3 Å². The fourth-order valence-corrected chi connectivity index (χ4v) is 6.34. The third-order valence-electron chi connectivity index (χ3n) is 5.50. The van der Waals surface area contributed by atoms with Crippen LogP contribution >= 0.6 is 35.0 Å². The Hall–Kier alpha value is -3.17. The highest BCUT2D eigenvalue weighted by Crippen LogP contribution is 2.35. The lowest BCUT2D eigenvalue weighted by Crippen LogP contribution is -2.38. The van der Waals surface area contributed by atoms with Gasteiger partial charge in [-0.05, 0) is 60.2 Å². The molecular weight excluding hydrogens is 563 g/mol. The highest BCUT2D eigenvalue weighted by molar-refractivity contribution is 7.98. The molecule has 0 aromatic heterocycles. The van der Waals surface area contributed by atoms with Gasteiger partial charge in [-0.3, -0.25) is 9.10 Å². The number of halogens is 2. The monoisotopic (exact) mass is 586 g/mol. The Morgan fingerprint density at radius 2 is 1.55 bits per heavy atom. The summed E-state index contributed by atoms with van der Waals surface area (Å²) in [6.45, 7) is -0.496. The second kappa shape index (κ2) is 12.6. The Kier molecular flexibility index (Phi) is 9.22. The number of methoxy groups -OCH3 is 1. The van der Waals surface area contributed by atoms with Crippen molar-refractivity contribution in [2.24, 2.45) is 0 Å². The van der Waals surface area contributed by atoms with Crippen molar-refractivity contribution >= 4 is 62.3 Å². The highest BCUT2D eigenvalue weighted by atomic mass is 35.5. The molecule has 0 heterocycles.